The van der Waals surface area contributed by atoms with Crippen molar-refractivity contribution in [2.45, 2.75) is 0 Å². The Hall–Kier alpha value is -1.74. The number of nitrogens with two attached hydrogens (primary N) is 1. The van der Waals surface area contributed by atoms with Crippen LogP contribution in [0, 0.1) is 5.41 Å². The van der Waals surface area contributed by atoms with E-state index >= 15 is 0 Å². The van der Waals surface area contributed by atoms with Crippen LogP contribution in [0.4, 0.5) is 5.69 Å². The summed E-state index contributed by atoms with van der Waals surface area (Å²) < 4.78 is 5.12. The summed E-state index contributed by atoms with van der Waals surface area (Å²) in [5.74, 6) is 0.476. The molecule has 0 radical (unpaired) electrons. The minimum atomic E-state index is 0.236. The minimum absolute atomic E-state index is 0.236. The number of furan rings is 1. The number of nitrogens with one attached hydrogen (secondary N) is 1. The molecule has 0 bridgehead atoms. The Labute approximate surface area is 92.0 Å². The van der Waals surface area contributed by atoms with E-state index in [-0.39, 0.29) is 5.71 Å². The summed E-state index contributed by atoms with van der Waals surface area (Å²) in [5.41, 5.74) is 7.00. The van der Waals surface area contributed by atoms with Gasteiger partial charge in [-0.1, -0.05) is 23.7 Å². The average Bonchev–Trinajstić information content (AvgIpc) is 2.74. The molecule has 1 aromatic heterocycles. The molecule has 2 aromatic rings. The molecule has 1 aromatic carbocycles. The Kier molecular flexibility index (Phi) is 2.47. The zero-order valence-corrected chi connectivity index (χ0v) is 8.58. The van der Waals surface area contributed by atoms with E-state index in [4.69, 9.17) is 27.2 Å². The molecule has 0 saturated heterocycles. The van der Waals surface area contributed by atoms with E-state index in [0.717, 1.165) is 0 Å². The van der Waals surface area contributed by atoms with Gasteiger partial charge in [0.05, 0.1) is 17.0 Å². The van der Waals surface area contributed by atoms with Crippen molar-refractivity contribution >= 4 is 23.0 Å². The predicted molar refractivity (Wildman–Crippen MR) is 60.5 cm³/mol. The molecule has 15 heavy (non-hydrogen) atoms. The Morgan fingerprint density at radius 2 is 2.07 bits per heavy atom. The highest BCUT2D eigenvalue weighted by Gasteiger charge is 2.12. The number of hydrogen-bond donors (Lipinski definition) is 2. The molecule has 2 rings (SSSR count). The van der Waals surface area contributed by atoms with E-state index in [1.54, 1.807) is 30.3 Å². The Bertz CT molecular complexity index is 491. The van der Waals surface area contributed by atoms with Gasteiger partial charge in [0.25, 0.3) is 0 Å². The topological polar surface area (TPSA) is 63.0 Å². The van der Waals surface area contributed by atoms with E-state index in [1.807, 2.05) is 0 Å². The van der Waals surface area contributed by atoms with Crippen molar-refractivity contribution in [1.29, 1.82) is 5.41 Å². The molecule has 0 fully saturated rings. The lowest BCUT2D eigenvalue weighted by molar-refractivity contribution is 0.557. The molecule has 76 valence electrons. The first kappa shape index (κ1) is 9.80. The molecular formula is C11H9ClN2O. The molecule has 0 saturated carbocycles. The van der Waals surface area contributed by atoms with Gasteiger partial charge in [0.2, 0.25) is 0 Å². The van der Waals surface area contributed by atoms with Crippen LogP contribution in [-0.4, -0.2) is 5.71 Å². The van der Waals surface area contributed by atoms with Crippen molar-refractivity contribution in [1.82, 2.24) is 0 Å². The van der Waals surface area contributed by atoms with Gasteiger partial charge >= 0.3 is 0 Å². The van der Waals surface area contributed by atoms with Crippen LogP contribution < -0.4 is 5.73 Å². The van der Waals surface area contributed by atoms with Crippen LogP contribution in [-0.2, 0) is 0 Å². The van der Waals surface area contributed by atoms with Crippen molar-refractivity contribution < 1.29 is 4.42 Å². The summed E-state index contributed by atoms with van der Waals surface area (Å²) in [6.07, 6.45) is 1.52. The summed E-state index contributed by atoms with van der Waals surface area (Å²) >= 11 is 5.87. The van der Waals surface area contributed by atoms with Gasteiger partial charge in [0.1, 0.15) is 5.71 Å². The van der Waals surface area contributed by atoms with Crippen LogP contribution in [0.5, 0.6) is 0 Å². The van der Waals surface area contributed by atoms with Crippen molar-refractivity contribution in [2.75, 3.05) is 5.73 Å². The number of nitrogen functional groups attached to an aromatic ring is 1. The summed E-state index contributed by atoms with van der Waals surface area (Å²) in [6.45, 7) is 0. The van der Waals surface area contributed by atoms with Crippen LogP contribution in [0.2, 0.25) is 5.02 Å². The van der Waals surface area contributed by atoms with Crippen LogP contribution in [0.1, 0.15) is 11.3 Å². The largest absolute Gasteiger partial charge is 0.463 e. The molecule has 4 heteroatoms. The molecule has 0 aliphatic heterocycles. The van der Waals surface area contributed by atoms with Gasteiger partial charge in [-0.3, -0.25) is 5.41 Å². The first-order valence-electron chi connectivity index (χ1n) is 4.37. The molecule has 3 nitrogen and oxygen atoms in total. The smallest absolute Gasteiger partial charge is 0.152 e. The number of rotatable bonds is 2. The number of anilines is 1. The maximum absolute atomic E-state index is 7.89. The third-order valence-corrected chi connectivity index (χ3v) is 2.42. The first-order chi connectivity index (χ1) is 7.20. The van der Waals surface area contributed by atoms with Crippen LogP contribution >= 0.6 is 11.6 Å². The van der Waals surface area contributed by atoms with Gasteiger partial charge in [-0.05, 0) is 18.2 Å². The summed E-state index contributed by atoms with van der Waals surface area (Å²) in [6, 6.07) is 8.63. The van der Waals surface area contributed by atoms with Gasteiger partial charge in [-0.25, -0.2) is 0 Å². The molecule has 3 N–H and O–H groups in total. The molecule has 0 unspecified atom stereocenters. The van der Waals surface area contributed by atoms with Crippen LogP contribution in [0.25, 0.3) is 0 Å². The van der Waals surface area contributed by atoms with Gasteiger partial charge in [0.15, 0.2) is 5.76 Å². The Balaban J connectivity index is 2.47. The van der Waals surface area contributed by atoms with Crippen molar-refractivity contribution in [3.05, 3.63) is 52.9 Å². The third-order valence-electron chi connectivity index (χ3n) is 2.09. The maximum Gasteiger partial charge on any atom is 0.152 e. The molecule has 0 atom stereocenters. The molecule has 0 spiro atoms. The predicted octanol–water partition coefficient (Wildman–Crippen LogP) is 2.93. The summed E-state index contributed by atoms with van der Waals surface area (Å²) in [7, 11) is 0. The monoisotopic (exact) mass is 220 g/mol. The normalized spacial score (nSPS) is 10.2. The number of hydrogen-bond acceptors (Lipinski definition) is 3. The second-order valence-electron chi connectivity index (χ2n) is 3.05. The van der Waals surface area contributed by atoms with Crippen LogP contribution in [0.15, 0.2) is 41.0 Å². The van der Waals surface area contributed by atoms with E-state index < -0.39 is 0 Å². The highest BCUT2D eigenvalue weighted by Crippen LogP contribution is 2.24. The summed E-state index contributed by atoms with van der Waals surface area (Å²) in [4.78, 5) is 0. The number of para-hydroxylation sites is 1. The zero-order valence-electron chi connectivity index (χ0n) is 7.83. The number of benzene rings is 1. The lowest BCUT2D eigenvalue weighted by Crippen LogP contribution is -2.04. The Morgan fingerprint density at radius 3 is 2.73 bits per heavy atom. The fourth-order valence-corrected chi connectivity index (χ4v) is 1.48. The third kappa shape index (κ3) is 1.74. The van der Waals surface area contributed by atoms with Gasteiger partial charge in [0, 0.05) is 5.56 Å². The lowest BCUT2D eigenvalue weighted by atomic mass is 10.1. The van der Waals surface area contributed by atoms with Crippen molar-refractivity contribution in [3.8, 4) is 0 Å². The van der Waals surface area contributed by atoms with Crippen molar-refractivity contribution in [3.63, 3.8) is 0 Å². The van der Waals surface area contributed by atoms with Crippen molar-refractivity contribution in [2.24, 2.45) is 0 Å². The van der Waals surface area contributed by atoms with E-state index in [1.165, 1.54) is 6.26 Å². The SMILES string of the molecule is N=C(c1ccco1)c1cccc(Cl)c1N. The fourth-order valence-electron chi connectivity index (χ4n) is 1.31. The van der Waals surface area contributed by atoms with Gasteiger partial charge in [-0.15, -0.1) is 0 Å². The average molecular weight is 221 g/mol. The molecule has 0 aliphatic carbocycles. The quantitative estimate of drug-likeness (QED) is 0.604. The second kappa shape index (κ2) is 3.79. The minimum Gasteiger partial charge on any atom is -0.463 e. The molecular weight excluding hydrogens is 212 g/mol. The highest BCUT2D eigenvalue weighted by atomic mass is 35.5. The second-order valence-corrected chi connectivity index (χ2v) is 3.46. The molecule has 0 amide bonds. The fraction of sp³-hybridized carbons (Fsp3) is 0. The first-order valence-corrected chi connectivity index (χ1v) is 4.74. The number of halogens is 1. The standard InChI is InChI=1S/C11H9ClN2O/c12-8-4-1-3-7(10(8)13)11(14)9-5-2-6-15-9/h1-6,14H,13H2. The van der Waals surface area contributed by atoms with E-state index in [0.29, 0.717) is 22.0 Å². The zero-order chi connectivity index (χ0) is 10.8. The molecule has 1 heterocycles. The van der Waals surface area contributed by atoms with Crippen LogP contribution in [0.3, 0.4) is 0 Å². The lowest BCUT2D eigenvalue weighted by Gasteiger charge is -2.06. The Morgan fingerprint density at radius 1 is 1.27 bits per heavy atom. The van der Waals surface area contributed by atoms with Gasteiger partial charge < -0.3 is 10.2 Å². The highest BCUT2D eigenvalue weighted by molar-refractivity contribution is 6.34. The van der Waals surface area contributed by atoms with E-state index in [9.17, 15) is 0 Å². The van der Waals surface area contributed by atoms with Gasteiger partial charge in [-0.2, -0.15) is 0 Å². The maximum atomic E-state index is 7.89. The van der Waals surface area contributed by atoms with E-state index in [2.05, 4.69) is 0 Å². The molecule has 0 aliphatic rings. The summed E-state index contributed by atoms with van der Waals surface area (Å²) in [5, 5.41) is 8.34.